The number of nitrogens with zero attached hydrogens (tertiary/aromatic N) is 4. The third-order valence-electron chi connectivity index (χ3n) is 6.08. The number of hydrogen-bond acceptors (Lipinski definition) is 8. The van der Waals surface area contributed by atoms with E-state index in [1.807, 2.05) is 20.8 Å². The minimum absolute atomic E-state index is 0.114. The zero-order valence-electron chi connectivity index (χ0n) is 21.8. The summed E-state index contributed by atoms with van der Waals surface area (Å²) in [4.78, 5) is 50.0. The molecular weight excluding hydrogens is 491 g/mol. The Morgan fingerprint density at radius 3 is 2.76 bits per heavy atom. The number of nitrogens with one attached hydrogen (secondary N) is 2. The summed E-state index contributed by atoms with van der Waals surface area (Å²) in [6, 6.07) is 2.49. The number of piperidine rings is 1. The van der Waals surface area contributed by atoms with E-state index in [-0.39, 0.29) is 37.8 Å². The first-order valence-electron chi connectivity index (χ1n) is 12.6. The van der Waals surface area contributed by atoms with Gasteiger partial charge in [-0.05, 0) is 46.1 Å². The average molecular weight is 522 g/mol. The lowest BCUT2D eigenvalue weighted by Gasteiger charge is -2.29. The zero-order chi connectivity index (χ0) is 27.4. The number of hydrogen-bond donors (Lipinski definition) is 2. The van der Waals surface area contributed by atoms with Crippen LogP contribution in [0.15, 0.2) is 18.3 Å². The predicted molar refractivity (Wildman–Crippen MR) is 136 cm³/mol. The third kappa shape index (κ3) is 6.70. The van der Waals surface area contributed by atoms with Crippen LogP contribution in [0.25, 0.3) is 0 Å². The summed E-state index contributed by atoms with van der Waals surface area (Å²) in [6.45, 7) is 6.85. The number of fused-ring (bicyclic) bond motifs is 1. The number of aromatic nitrogens is 3. The van der Waals surface area contributed by atoms with Crippen molar-refractivity contribution in [1.82, 2.24) is 30.5 Å². The van der Waals surface area contributed by atoms with E-state index in [1.165, 1.54) is 4.90 Å². The molecule has 4 amide bonds. The molecule has 2 radical (unpaired) electrons. The Balaban J connectivity index is 1.29. The number of rotatable bonds is 9. The molecule has 4 rings (SSSR count). The first kappa shape index (κ1) is 27.1. The van der Waals surface area contributed by atoms with Crippen molar-refractivity contribution in [2.75, 3.05) is 6.54 Å². The standard InChI is InChI=1S/C25H31BN6O6/c1-25(2,3)38-24(36)27-8-4-5-9-31-12-16(29-30-31)14-37-20-11-15(26)10-17-18(20)13-32(23(17)35)19-6-7-21(33)28-22(19)34/h10-12,19H,4-9,13-14H2,1-3H3,(H,27,36)(H,28,33,34). The van der Waals surface area contributed by atoms with Gasteiger partial charge in [-0.15, -0.1) is 5.10 Å². The number of alkyl carbamates (subject to hydrolysis) is 1. The highest BCUT2D eigenvalue weighted by molar-refractivity contribution is 6.33. The highest BCUT2D eigenvalue weighted by Crippen LogP contribution is 2.33. The number of ether oxygens (including phenoxy) is 2. The van der Waals surface area contributed by atoms with Gasteiger partial charge in [-0.2, -0.15) is 0 Å². The zero-order valence-corrected chi connectivity index (χ0v) is 21.8. The summed E-state index contributed by atoms with van der Waals surface area (Å²) in [7, 11) is 6.02. The second-order valence-electron chi connectivity index (χ2n) is 10.3. The Hall–Kier alpha value is -3.90. The number of carbonyl (C=O) groups excluding carboxylic acids is 4. The maximum atomic E-state index is 13.0. The SMILES string of the molecule is [B]c1cc(OCc2cn(CCCCNC(=O)OC(C)(C)C)nn2)c2c(c1)C(=O)N(C1CCC(=O)NC1=O)C2. The van der Waals surface area contributed by atoms with Crippen molar-refractivity contribution in [3.63, 3.8) is 0 Å². The van der Waals surface area contributed by atoms with Gasteiger partial charge in [0, 0.05) is 30.6 Å². The third-order valence-corrected chi connectivity index (χ3v) is 6.08. The first-order valence-corrected chi connectivity index (χ1v) is 12.6. The van der Waals surface area contributed by atoms with Crippen LogP contribution in [0.4, 0.5) is 4.79 Å². The topological polar surface area (TPSA) is 145 Å². The van der Waals surface area contributed by atoms with E-state index in [4.69, 9.17) is 17.3 Å². The molecular formula is C25H31BN6O6. The van der Waals surface area contributed by atoms with Crippen molar-refractivity contribution in [3.05, 3.63) is 35.2 Å². The molecule has 38 heavy (non-hydrogen) atoms. The largest absolute Gasteiger partial charge is 0.487 e. The van der Waals surface area contributed by atoms with Gasteiger partial charge < -0.3 is 19.7 Å². The van der Waals surface area contributed by atoms with E-state index in [2.05, 4.69) is 20.9 Å². The first-order chi connectivity index (χ1) is 18.0. The number of benzene rings is 1. The molecule has 2 aliphatic heterocycles. The van der Waals surface area contributed by atoms with Crippen LogP contribution in [0, 0.1) is 0 Å². The van der Waals surface area contributed by atoms with Crippen LogP contribution in [0.5, 0.6) is 5.75 Å². The Morgan fingerprint density at radius 1 is 1.24 bits per heavy atom. The Kier molecular flexibility index (Phi) is 8.03. The summed E-state index contributed by atoms with van der Waals surface area (Å²) in [5.41, 5.74) is 1.45. The van der Waals surface area contributed by atoms with E-state index in [1.54, 1.807) is 23.0 Å². The fraction of sp³-hybridized carbons (Fsp3) is 0.520. The summed E-state index contributed by atoms with van der Waals surface area (Å²) in [6.07, 6.45) is 3.31. The fourth-order valence-corrected chi connectivity index (χ4v) is 4.35. The van der Waals surface area contributed by atoms with Crippen molar-refractivity contribution < 1.29 is 28.7 Å². The van der Waals surface area contributed by atoms with Gasteiger partial charge in [0.25, 0.3) is 5.91 Å². The quantitative estimate of drug-likeness (QED) is 0.279. The minimum Gasteiger partial charge on any atom is -0.487 e. The van der Waals surface area contributed by atoms with Crippen molar-refractivity contribution in [2.24, 2.45) is 0 Å². The molecule has 12 nitrogen and oxygen atoms in total. The van der Waals surface area contributed by atoms with Crippen molar-refractivity contribution in [2.45, 2.75) is 77.8 Å². The minimum atomic E-state index is -0.721. The fourth-order valence-electron chi connectivity index (χ4n) is 4.35. The van der Waals surface area contributed by atoms with Crippen LogP contribution < -0.4 is 20.8 Å². The maximum absolute atomic E-state index is 13.0. The molecule has 2 aliphatic rings. The van der Waals surface area contributed by atoms with E-state index in [0.29, 0.717) is 41.1 Å². The van der Waals surface area contributed by atoms with E-state index in [0.717, 1.165) is 12.8 Å². The van der Waals surface area contributed by atoms with Gasteiger partial charge in [0.2, 0.25) is 11.8 Å². The van der Waals surface area contributed by atoms with Gasteiger partial charge in [0.05, 0.1) is 12.7 Å². The van der Waals surface area contributed by atoms with Crippen molar-refractivity contribution in [1.29, 1.82) is 0 Å². The normalized spacial score (nSPS) is 17.3. The molecule has 0 aliphatic carbocycles. The van der Waals surface area contributed by atoms with Gasteiger partial charge in [0.1, 0.15) is 37.5 Å². The van der Waals surface area contributed by atoms with Crippen molar-refractivity contribution >= 4 is 37.1 Å². The Morgan fingerprint density at radius 2 is 2.03 bits per heavy atom. The molecule has 1 unspecified atom stereocenters. The molecule has 2 aromatic rings. The number of imide groups is 1. The molecule has 3 heterocycles. The van der Waals surface area contributed by atoms with Crippen LogP contribution in [-0.4, -0.2) is 69.7 Å². The number of unbranched alkanes of at least 4 members (excludes halogenated alkanes) is 1. The van der Waals surface area contributed by atoms with E-state index < -0.39 is 23.6 Å². The maximum Gasteiger partial charge on any atom is 0.407 e. The van der Waals surface area contributed by atoms with Crippen LogP contribution >= 0.6 is 0 Å². The number of carbonyl (C=O) groups is 4. The lowest BCUT2D eigenvalue weighted by atomic mass is 9.92. The molecule has 0 bridgehead atoms. The molecule has 0 spiro atoms. The van der Waals surface area contributed by atoms with Crippen LogP contribution in [0.3, 0.4) is 0 Å². The predicted octanol–water partition coefficient (Wildman–Crippen LogP) is 0.717. The van der Waals surface area contributed by atoms with E-state index >= 15 is 0 Å². The molecule has 2 N–H and O–H groups in total. The molecule has 1 fully saturated rings. The molecule has 1 aromatic carbocycles. The molecule has 0 saturated carbocycles. The molecule has 1 aromatic heterocycles. The van der Waals surface area contributed by atoms with Crippen LogP contribution in [-0.2, 0) is 34.0 Å². The number of aryl methyl sites for hydroxylation is 1. The lowest BCUT2D eigenvalue weighted by molar-refractivity contribution is -0.136. The molecule has 1 saturated heterocycles. The molecule has 1 atom stereocenters. The van der Waals surface area contributed by atoms with Crippen molar-refractivity contribution in [3.8, 4) is 5.75 Å². The summed E-state index contributed by atoms with van der Waals surface area (Å²) >= 11 is 0. The summed E-state index contributed by atoms with van der Waals surface area (Å²) in [5.74, 6) is -0.700. The van der Waals surface area contributed by atoms with Crippen LogP contribution in [0.2, 0.25) is 0 Å². The van der Waals surface area contributed by atoms with E-state index in [9.17, 15) is 19.2 Å². The summed E-state index contributed by atoms with van der Waals surface area (Å²) in [5, 5.41) is 13.3. The molecule has 13 heteroatoms. The summed E-state index contributed by atoms with van der Waals surface area (Å²) < 4.78 is 12.9. The number of amides is 4. The van der Waals surface area contributed by atoms with Crippen LogP contribution in [0.1, 0.15) is 68.1 Å². The molecule has 200 valence electrons. The van der Waals surface area contributed by atoms with Gasteiger partial charge >= 0.3 is 6.09 Å². The second kappa shape index (κ2) is 11.2. The highest BCUT2D eigenvalue weighted by Gasteiger charge is 2.40. The Labute approximate surface area is 221 Å². The Bertz CT molecular complexity index is 1240. The van der Waals surface area contributed by atoms with Gasteiger partial charge in [0.15, 0.2) is 0 Å². The smallest absolute Gasteiger partial charge is 0.407 e. The van der Waals surface area contributed by atoms with Gasteiger partial charge in [-0.1, -0.05) is 16.7 Å². The lowest BCUT2D eigenvalue weighted by Crippen LogP contribution is -2.52. The second-order valence-corrected chi connectivity index (χ2v) is 10.3. The monoisotopic (exact) mass is 522 g/mol. The average Bonchev–Trinajstić information content (AvgIpc) is 3.41. The van der Waals surface area contributed by atoms with Gasteiger partial charge in [-0.3, -0.25) is 24.4 Å². The van der Waals surface area contributed by atoms with Gasteiger partial charge in [-0.25, -0.2) is 4.79 Å². The highest BCUT2D eigenvalue weighted by atomic mass is 16.6.